The van der Waals surface area contributed by atoms with Crippen LogP contribution in [0.15, 0.2) is 6.20 Å². The summed E-state index contributed by atoms with van der Waals surface area (Å²) in [7, 11) is 0. The Labute approximate surface area is 113 Å². The molecule has 2 aliphatic rings. The maximum absolute atomic E-state index is 12.1. The van der Waals surface area contributed by atoms with Crippen LogP contribution in [0, 0.1) is 12.8 Å². The second-order valence-electron chi connectivity index (χ2n) is 5.70. The smallest absolute Gasteiger partial charge is 0.225 e. The van der Waals surface area contributed by atoms with Crippen molar-refractivity contribution in [3.05, 3.63) is 17.3 Å². The Morgan fingerprint density at radius 2 is 2.11 bits per heavy atom. The normalized spacial score (nSPS) is 22.8. The van der Waals surface area contributed by atoms with Gasteiger partial charge in [-0.05, 0) is 37.3 Å². The molecule has 19 heavy (non-hydrogen) atoms. The Bertz CT molecular complexity index is 524. The summed E-state index contributed by atoms with van der Waals surface area (Å²) in [5.74, 6) is 1.31. The van der Waals surface area contributed by atoms with Crippen molar-refractivity contribution in [2.24, 2.45) is 5.92 Å². The Morgan fingerprint density at radius 1 is 1.37 bits per heavy atom. The van der Waals surface area contributed by atoms with E-state index in [0.29, 0.717) is 29.2 Å². The highest BCUT2D eigenvalue weighted by Crippen LogP contribution is 2.38. The molecule has 5 heteroatoms. The van der Waals surface area contributed by atoms with Crippen molar-refractivity contribution in [3.63, 3.8) is 0 Å². The van der Waals surface area contributed by atoms with Crippen molar-refractivity contribution >= 4 is 17.4 Å². The summed E-state index contributed by atoms with van der Waals surface area (Å²) in [5.41, 5.74) is 14.6. The number of nitrogen functional groups attached to an aromatic ring is 2. The lowest BCUT2D eigenvalue weighted by molar-refractivity contribution is -0.131. The number of hydrogen-bond acceptors (Lipinski definition) is 4. The first-order valence-corrected chi connectivity index (χ1v) is 6.87. The van der Waals surface area contributed by atoms with E-state index in [0.717, 1.165) is 43.5 Å². The van der Waals surface area contributed by atoms with Crippen LogP contribution in [0.3, 0.4) is 0 Å². The molecule has 1 atom stereocenters. The minimum atomic E-state index is 0.291. The van der Waals surface area contributed by atoms with E-state index in [4.69, 9.17) is 11.5 Å². The molecule has 102 valence electrons. The summed E-state index contributed by atoms with van der Waals surface area (Å²) >= 11 is 0. The van der Waals surface area contributed by atoms with Crippen LogP contribution >= 0.6 is 0 Å². The van der Waals surface area contributed by atoms with Gasteiger partial charge in [-0.2, -0.15) is 0 Å². The Balaban J connectivity index is 1.81. The second-order valence-corrected chi connectivity index (χ2v) is 5.70. The van der Waals surface area contributed by atoms with Crippen LogP contribution in [0.25, 0.3) is 0 Å². The lowest BCUT2D eigenvalue weighted by Gasteiger charge is -2.19. The summed E-state index contributed by atoms with van der Waals surface area (Å²) in [6.45, 7) is 3.61. The average Bonchev–Trinajstić information content (AvgIpc) is 3.13. The molecule has 5 nitrogen and oxygen atoms in total. The van der Waals surface area contributed by atoms with Gasteiger partial charge in [0, 0.05) is 31.1 Å². The van der Waals surface area contributed by atoms with Gasteiger partial charge in [-0.15, -0.1) is 0 Å². The number of nitrogens with zero attached hydrogens (tertiary/aromatic N) is 2. The molecule has 1 unspecified atom stereocenters. The molecule has 1 aromatic rings. The van der Waals surface area contributed by atoms with Gasteiger partial charge in [0.2, 0.25) is 5.91 Å². The summed E-state index contributed by atoms with van der Waals surface area (Å²) in [4.78, 5) is 18.1. The lowest BCUT2D eigenvalue weighted by atomic mass is 9.94. The topological polar surface area (TPSA) is 85.2 Å². The highest BCUT2D eigenvalue weighted by molar-refractivity contribution is 5.81. The average molecular weight is 260 g/mol. The van der Waals surface area contributed by atoms with Crippen LogP contribution < -0.4 is 11.5 Å². The molecule has 3 rings (SSSR count). The molecule has 1 saturated heterocycles. The molecule has 1 saturated carbocycles. The molecule has 2 fully saturated rings. The highest BCUT2D eigenvalue weighted by atomic mass is 16.2. The van der Waals surface area contributed by atoms with Crippen LogP contribution in [0.4, 0.5) is 11.5 Å². The number of carbonyl (C=O) groups is 1. The van der Waals surface area contributed by atoms with Crippen LogP contribution in [0.2, 0.25) is 0 Å². The molecule has 0 radical (unpaired) electrons. The van der Waals surface area contributed by atoms with E-state index in [1.54, 1.807) is 6.20 Å². The number of carbonyl (C=O) groups excluding carboxylic acids is 1. The SMILES string of the molecule is Cc1cnc(N)c(N)c1C1CCN(C(=O)C2CC2)C1. The van der Waals surface area contributed by atoms with E-state index in [-0.39, 0.29) is 0 Å². The van der Waals surface area contributed by atoms with Gasteiger partial charge in [-0.3, -0.25) is 4.79 Å². The number of aromatic nitrogens is 1. The number of amides is 1. The molecule has 1 aliphatic carbocycles. The number of hydrogen-bond donors (Lipinski definition) is 2. The monoisotopic (exact) mass is 260 g/mol. The fourth-order valence-electron chi connectivity index (χ4n) is 2.98. The van der Waals surface area contributed by atoms with Gasteiger partial charge in [0.25, 0.3) is 0 Å². The van der Waals surface area contributed by atoms with Gasteiger partial charge in [-0.25, -0.2) is 4.98 Å². The maximum Gasteiger partial charge on any atom is 0.225 e. The van der Waals surface area contributed by atoms with Crippen molar-refractivity contribution in [2.75, 3.05) is 24.6 Å². The molecule has 1 aliphatic heterocycles. The van der Waals surface area contributed by atoms with E-state index in [1.165, 1.54) is 0 Å². The predicted octanol–water partition coefficient (Wildman–Crippen LogP) is 1.28. The van der Waals surface area contributed by atoms with E-state index >= 15 is 0 Å². The van der Waals surface area contributed by atoms with Gasteiger partial charge >= 0.3 is 0 Å². The number of nitrogens with two attached hydrogens (primary N) is 2. The van der Waals surface area contributed by atoms with Crippen molar-refractivity contribution < 1.29 is 4.79 Å². The van der Waals surface area contributed by atoms with Gasteiger partial charge in [0.15, 0.2) is 0 Å². The van der Waals surface area contributed by atoms with Crippen molar-refractivity contribution in [3.8, 4) is 0 Å². The first-order chi connectivity index (χ1) is 9.08. The van der Waals surface area contributed by atoms with Crippen molar-refractivity contribution in [2.45, 2.75) is 32.1 Å². The second kappa shape index (κ2) is 4.40. The molecule has 0 spiro atoms. The molecule has 2 heterocycles. The molecular formula is C14H20N4O. The van der Waals surface area contributed by atoms with Crippen LogP contribution in [0.1, 0.15) is 36.3 Å². The number of anilines is 2. The van der Waals surface area contributed by atoms with E-state index in [2.05, 4.69) is 4.98 Å². The van der Waals surface area contributed by atoms with Crippen LogP contribution in [-0.2, 0) is 4.79 Å². The first kappa shape index (κ1) is 12.3. The number of pyridine rings is 1. The Morgan fingerprint density at radius 3 is 2.79 bits per heavy atom. The van der Waals surface area contributed by atoms with E-state index < -0.39 is 0 Å². The first-order valence-electron chi connectivity index (χ1n) is 6.87. The third kappa shape index (κ3) is 2.13. The fraction of sp³-hybridized carbons (Fsp3) is 0.571. The molecular weight excluding hydrogens is 240 g/mol. The van der Waals surface area contributed by atoms with Gasteiger partial charge in [0.05, 0.1) is 5.69 Å². The minimum absolute atomic E-state index is 0.291. The lowest BCUT2D eigenvalue weighted by Crippen LogP contribution is -2.29. The molecule has 4 N–H and O–H groups in total. The molecule has 1 aromatic heterocycles. The zero-order valence-electron chi connectivity index (χ0n) is 11.2. The fourth-order valence-corrected chi connectivity index (χ4v) is 2.98. The zero-order chi connectivity index (χ0) is 13.6. The number of aryl methyl sites for hydroxylation is 1. The van der Waals surface area contributed by atoms with E-state index in [9.17, 15) is 4.79 Å². The van der Waals surface area contributed by atoms with Crippen molar-refractivity contribution in [1.29, 1.82) is 0 Å². The largest absolute Gasteiger partial charge is 0.396 e. The van der Waals surface area contributed by atoms with Crippen LogP contribution in [0.5, 0.6) is 0 Å². The predicted molar refractivity (Wildman–Crippen MR) is 74.5 cm³/mol. The van der Waals surface area contributed by atoms with Crippen LogP contribution in [-0.4, -0.2) is 28.9 Å². The quantitative estimate of drug-likeness (QED) is 0.838. The number of rotatable bonds is 2. The number of likely N-dealkylation sites (tertiary alicyclic amines) is 1. The highest BCUT2D eigenvalue weighted by Gasteiger charge is 2.37. The van der Waals surface area contributed by atoms with Crippen molar-refractivity contribution in [1.82, 2.24) is 9.88 Å². The minimum Gasteiger partial charge on any atom is -0.396 e. The zero-order valence-corrected chi connectivity index (χ0v) is 11.2. The summed E-state index contributed by atoms with van der Waals surface area (Å²) in [6, 6.07) is 0. The Hall–Kier alpha value is -1.78. The molecule has 0 bridgehead atoms. The summed E-state index contributed by atoms with van der Waals surface area (Å²) < 4.78 is 0. The third-order valence-corrected chi connectivity index (χ3v) is 4.22. The Kier molecular flexibility index (Phi) is 2.84. The van der Waals surface area contributed by atoms with Gasteiger partial charge in [-0.1, -0.05) is 0 Å². The van der Waals surface area contributed by atoms with Gasteiger partial charge in [0.1, 0.15) is 5.82 Å². The molecule has 0 aromatic carbocycles. The summed E-state index contributed by atoms with van der Waals surface area (Å²) in [6.07, 6.45) is 4.85. The maximum atomic E-state index is 12.1. The summed E-state index contributed by atoms with van der Waals surface area (Å²) in [5, 5.41) is 0. The molecule has 1 amide bonds. The third-order valence-electron chi connectivity index (χ3n) is 4.22. The van der Waals surface area contributed by atoms with E-state index in [1.807, 2.05) is 11.8 Å². The van der Waals surface area contributed by atoms with Gasteiger partial charge < -0.3 is 16.4 Å². The standard InChI is InChI=1S/C14H20N4O/c1-8-6-17-13(16)12(15)11(8)10-4-5-18(7-10)14(19)9-2-3-9/h6,9-10H,2-5,7,15H2,1H3,(H2,16,17).